The van der Waals surface area contributed by atoms with Crippen molar-refractivity contribution in [1.82, 2.24) is 0 Å². The molecule has 5 atom stereocenters. The van der Waals surface area contributed by atoms with Crippen LogP contribution in [0.3, 0.4) is 0 Å². The third kappa shape index (κ3) is 1.81. The summed E-state index contributed by atoms with van der Waals surface area (Å²) in [7, 11) is 0. The van der Waals surface area contributed by atoms with Crippen LogP contribution in [-0.4, -0.2) is 18.0 Å². The van der Waals surface area contributed by atoms with E-state index in [0.29, 0.717) is 5.92 Å². The van der Waals surface area contributed by atoms with Gasteiger partial charge in [0, 0.05) is 11.6 Å². The molecule has 1 aromatic carbocycles. The van der Waals surface area contributed by atoms with Crippen LogP contribution in [0.2, 0.25) is 0 Å². The van der Waals surface area contributed by atoms with Gasteiger partial charge in [-0.05, 0) is 44.2 Å². The number of hydrogen-bond acceptors (Lipinski definition) is 3. The van der Waals surface area contributed by atoms with Crippen molar-refractivity contribution in [1.29, 1.82) is 0 Å². The first-order chi connectivity index (χ1) is 10.0. The number of benzene rings is 1. The summed E-state index contributed by atoms with van der Waals surface area (Å²) in [6.45, 7) is 4.02. The zero-order valence-corrected chi connectivity index (χ0v) is 12.3. The molecule has 2 bridgehead atoms. The molecule has 1 N–H and O–H groups in total. The van der Waals surface area contributed by atoms with Crippen molar-refractivity contribution in [2.24, 2.45) is 23.7 Å². The van der Waals surface area contributed by atoms with Gasteiger partial charge in [0.25, 0.3) is 0 Å². The summed E-state index contributed by atoms with van der Waals surface area (Å²) < 4.78 is 5.39. The molecule has 3 aliphatic rings. The van der Waals surface area contributed by atoms with Gasteiger partial charge in [0.05, 0.1) is 11.8 Å². The average molecular weight is 285 g/mol. The van der Waals surface area contributed by atoms with Crippen LogP contribution >= 0.6 is 0 Å². The number of aryl methyl sites for hydroxylation is 2. The second kappa shape index (κ2) is 4.33. The number of carbonyl (C=O) groups excluding carboxylic acids is 2. The third-order valence-electron chi connectivity index (χ3n) is 5.43. The lowest BCUT2D eigenvalue weighted by Gasteiger charge is -2.24. The number of rotatable bonds is 2. The van der Waals surface area contributed by atoms with Crippen LogP contribution in [0.4, 0.5) is 5.69 Å². The Balaban J connectivity index is 1.57. The normalized spacial score (nSPS) is 35.9. The Morgan fingerprint density at radius 2 is 2.10 bits per heavy atom. The number of amides is 1. The van der Waals surface area contributed by atoms with Gasteiger partial charge in [0.15, 0.2) is 0 Å². The summed E-state index contributed by atoms with van der Waals surface area (Å²) >= 11 is 0. The smallest absolute Gasteiger partial charge is 0.310 e. The van der Waals surface area contributed by atoms with Crippen molar-refractivity contribution >= 4 is 17.6 Å². The highest BCUT2D eigenvalue weighted by Gasteiger charge is 2.63. The fourth-order valence-electron chi connectivity index (χ4n) is 4.53. The van der Waals surface area contributed by atoms with Crippen LogP contribution in [0.1, 0.15) is 24.0 Å². The lowest BCUT2D eigenvalue weighted by atomic mass is 9.79. The van der Waals surface area contributed by atoms with E-state index in [1.165, 1.54) is 5.56 Å². The summed E-state index contributed by atoms with van der Waals surface area (Å²) in [4.78, 5) is 24.6. The molecule has 21 heavy (non-hydrogen) atoms. The third-order valence-corrected chi connectivity index (χ3v) is 5.43. The van der Waals surface area contributed by atoms with Gasteiger partial charge in [0.2, 0.25) is 5.91 Å². The van der Waals surface area contributed by atoms with E-state index in [2.05, 4.69) is 11.4 Å². The second-order valence-electron chi connectivity index (χ2n) is 6.73. The molecular weight excluding hydrogens is 266 g/mol. The minimum absolute atomic E-state index is 0.0169. The summed E-state index contributed by atoms with van der Waals surface area (Å²) in [5, 5.41) is 3.02. The molecule has 0 unspecified atom stereocenters. The number of carbonyl (C=O) groups is 2. The Bertz CT molecular complexity index is 637. The van der Waals surface area contributed by atoms with Crippen molar-refractivity contribution in [2.45, 2.75) is 32.8 Å². The van der Waals surface area contributed by atoms with Crippen molar-refractivity contribution < 1.29 is 14.3 Å². The van der Waals surface area contributed by atoms with Gasteiger partial charge in [-0.25, -0.2) is 0 Å². The summed E-state index contributed by atoms with van der Waals surface area (Å²) in [6.07, 6.45) is 1.90. The molecule has 1 aliphatic heterocycles. The van der Waals surface area contributed by atoms with Crippen molar-refractivity contribution in [3.8, 4) is 0 Å². The predicted molar refractivity (Wildman–Crippen MR) is 77.6 cm³/mol. The number of fused-ring (bicyclic) bond motifs is 1. The van der Waals surface area contributed by atoms with E-state index in [1.807, 2.05) is 26.0 Å². The van der Waals surface area contributed by atoms with E-state index in [9.17, 15) is 9.59 Å². The molecule has 0 radical (unpaired) electrons. The summed E-state index contributed by atoms with van der Waals surface area (Å²) in [5.74, 6) is -0.0106. The van der Waals surface area contributed by atoms with Crippen molar-refractivity contribution in [3.05, 3.63) is 29.3 Å². The minimum Gasteiger partial charge on any atom is -0.462 e. The van der Waals surface area contributed by atoms with Crippen molar-refractivity contribution in [3.63, 3.8) is 0 Å². The van der Waals surface area contributed by atoms with Crippen LogP contribution in [0.25, 0.3) is 0 Å². The number of esters is 1. The zero-order chi connectivity index (χ0) is 14.7. The van der Waals surface area contributed by atoms with E-state index >= 15 is 0 Å². The Morgan fingerprint density at radius 1 is 1.29 bits per heavy atom. The molecule has 4 nitrogen and oxygen atoms in total. The molecule has 1 amide bonds. The molecule has 3 fully saturated rings. The maximum absolute atomic E-state index is 12.7. The van der Waals surface area contributed by atoms with Crippen LogP contribution < -0.4 is 5.32 Å². The molecule has 110 valence electrons. The maximum atomic E-state index is 12.7. The van der Waals surface area contributed by atoms with E-state index < -0.39 is 0 Å². The standard InChI is InChI=1S/C17H19NO3/c1-8-3-4-12(9(2)5-8)18-16(19)14-10-6-11-13(7-10)21-17(20)15(11)14/h3-5,10-11,13-15H,6-7H2,1-2H3,(H,18,19)/t10-,11-,13-,14+,15+/m1/s1. The molecule has 0 aromatic heterocycles. The zero-order valence-electron chi connectivity index (χ0n) is 12.3. The minimum atomic E-state index is -0.209. The Kier molecular flexibility index (Phi) is 2.65. The van der Waals surface area contributed by atoms with Gasteiger partial charge in [-0.3, -0.25) is 9.59 Å². The molecule has 1 saturated heterocycles. The SMILES string of the molecule is Cc1ccc(NC(=O)[C@H]2[C@@H]3C[C@H]4[C@@H]2C(=O)O[C@@H]4C3)c(C)c1. The highest BCUT2D eigenvalue weighted by atomic mass is 16.6. The number of hydrogen-bond donors (Lipinski definition) is 1. The highest BCUT2D eigenvalue weighted by molar-refractivity contribution is 5.97. The summed E-state index contributed by atoms with van der Waals surface area (Å²) in [5.41, 5.74) is 3.07. The predicted octanol–water partition coefficient (Wildman–Crippen LogP) is 2.44. The Hall–Kier alpha value is -1.84. The van der Waals surface area contributed by atoms with E-state index in [-0.39, 0.29) is 35.7 Å². The largest absolute Gasteiger partial charge is 0.462 e. The monoisotopic (exact) mass is 285 g/mol. The van der Waals surface area contributed by atoms with Crippen LogP contribution in [0, 0.1) is 37.5 Å². The van der Waals surface area contributed by atoms with Gasteiger partial charge >= 0.3 is 5.97 Å². The molecular formula is C17H19NO3. The number of nitrogens with one attached hydrogen (secondary N) is 1. The van der Waals surface area contributed by atoms with Gasteiger partial charge in [0.1, 0.15) is 6.10 Å². The van der Waals surface area contributed by atoms with Crippen LogP contribution in [0.15, 0.2) is 18.2 Å². The van der Waals surface area contributed by atoms with E-state index in [1.54, 1.807) is 0 Å². The van der Waals surface area contributed by atoms with Crippen molar-refractivity contribution in [2.75, 3.05) is 5.32 Å². The lowest BCUT2D eigenvalue weighted by Crippen LogP contribution is -2.36. The fraction of sp³-hybridized carbons (Fsp3) is 0.529. The molecule has 1 heterocycles. The van der Waals surface area contributed by atoms with E-state index in [0.717, 1.165) is 24.1 Å². The second-order valence-corrected chi connectivity index (χ2v) is 6.73. The number of ether oxygens (including phenoxy) is 1. The molecule has 2 saturated carbocycles. The average Bonchev–Trinajstić information content (AvgIpc) is 3.02. The number of anilines is 1. The van der Waals surface area contributed by atoms with Gasteiger partial charge in [-0.2, -0.15) is 0 Å². The molecule has 2 aliphatic carbocycles. The fourth-order valence-corrected chi connectivity index (χ4v) is 4.53. The van der Waals surface area contributed by atoms with Crippen LogP contribution in [-0.2, 0) is 14.3 Å². The molecule has 0 spiro atoms. The quantitative estimate of drug-likeness (QED) is 0.849. The van der Waals surface area contributed by atoms with Gasteiger partial charge < -0.3 is 10.1 Å². The van der Waals surface area contributed by atoms with Gasteiger partial charge in [-0.15, -0.1) is 0 Å². The summed E-state index contributed by atoms with van der Waals surface area (Å²) in [6, 6.07) is 5.98. The van der Waals surface area contributed by atoms with Crippen LogP contribution in [0.5, 0.6) is 0 Å². The Labute approximate surface area is 123 Å². The maximum Gasteiger partial charge on any atom is 0.310 e. The lowest BCUT2D eigenvalue weighted by molar-refractivity contribution is -0.145. The van der Waals surface area contributed by atoms with E-state index in [4.69, 9.17) is 4.74 Å². The first kappa shape index (κ1) is 12.9. The first-order valence-electron chi connectivity index (χ1n) is 7.63. The molecule has 1 aromatic rings. The first-order valence-corrected chi connectivity index (χ1v) is 7.63. The molecule has 4 heteroatoms. The molecule has 4 rings (SSSR count). The highest BCUT2D eigenvalue weighted by Crippen LogP contribution is 2.57. The Morgan fingerprint density at radius 3 is 2.86 bits per heavy atom. The topological polar surface area (TPSA) is 55.4 Å². The van der Waals surface area contributed by atoms with Gasteiger partial charge in [-0.1, -0.05) is 17.7 Å².